The summed E-state index contributed by atoms with van der Waals surface area (Å²) in [6, 6.07) is 3.91. The van der Waals surface area contributed by atoms with E-state index >= 15 is 0 Å². The van der Waals surface area contributed by atoms with E-state index in [-0.39, 0.29) is 30.6 Å². The number of urea groups is 1. The topological polar surface area (TPSA) is 93.2 Å². The normalized spacial score (nSPS) is 22.4. The minimum Gasteiger partial charge on any atom is -0.480 e. The molecule has 0 unspecified atom stereocenters. The molecule has 8 nitrogen and oxygen atoms in total. The lowest BCUT2D eigenvalue weighted by Gasteiger charge is -2.43. The van der Waals surface area contributed by atoms with Crippen molar-refractivity contribution in [1.29, 1.82) is 0 Å². The summed E-state index contributed by atoms with van der Waals surface area (Å²) in [6.07, 6.45) is 1.56. The summed E-state index contributed by atoms with van der Waals surface area (Å²) in [5, 5.41) is 13.9. The smallest absolute Gasteiger partial charge is 0.317 e. The second-order valence-electron chi connectivity index (χ2n) is 6.99. The summed E-state index contributed by atoms with van der Waals surface area (Å²) in [5.74, 6) is -0.788. The number of hydrogen-bond acceptors (Lipinski definition) is 5. The number of nitrogens with one attached hydrogen (secondary N) is 1. The Balaban J connectivity index is 1.39. The zero-order valence-electron chi connectivity index (χ0n) is 15.5. The first-order valence-electron chi connectivity index (χ1n) is 9.32. The first kappa shape index (κ1) is 19.6. The third-order valence-electron chi connectivity index (χ3n) is 5.29. The van der Waals surface area contributed by atoms with Crippen LogP contribution in [0.1, 0.15) is 29.4 Å². The molecule has 2 fully saturated rings. The number of aliphatic carboxylic acids is 1. The molecule has 27 heavy (non-hydrogen) atoms. The van der Waals surface area contributed by atoms with E-state index in [0.717, 1.165) is 17.7 Å². The lowest BCUT2D eigenvalue weighted by Crippen LogP contribution is -2.59. The molecule has 2 heterocycles. The molecular formula is C18H26N4O4S. The van der Waals surface area contributed by atoms with Crippen LogP contribution in [-0.4, -0.2) is 89.1 Å². The van der Waals surface area contributed by atoms with Crippen LogP contribution in [0.25, 0.3) is 0 Å². The van der Waals surface area contributed by atoms with Gasteiger partial charge in [-0.05, 0) is 30.8 Å². The molecule has 1 aliphatic heterocycles. The second kappa shape index (κ2) is 8.71. The van der Waals surface area contributed by atoms with Crippen molar-refractivity contribution >= 4 is 29.2 Å². The Morgan fingerprint density at radius 2 is 1.89 bits per heavy atom. The fourth-order valence-electron chi connectivity index (χ4n) is 3.61. The minimum absolute atomic E-state index is 0.0324. The third-order valence-corrected chi connectivity index (χ3v) is 6.15. The maximum Gasteiger partial charge on any atom is 0.317 e. The minimum atomic E-state index is -0.820. The molecule has 9 heteroatoms. The summed E-state index contributed by atoms with van der Waals surface area (Å²) in [5.41, 5.74) is 0. The van der Waals surface area contributed by atoms with Gasteiger partial charge >= 0.3 is 12.0 Å². The van der Waals surface area contributed by atoms with E-state index in [1.165, 1.54) is 11.3 Å². The van der Waals surface area contributed by atoms with Crippen LogP contribution in [0.3, 0.4) is 0 Å². The van der Waals surface area contributed by atoms with Crippen molar-refractivity contribution in [1.82, 2.24) is 20.0 Å². The highest BCUT2D eigenvalue weighted by molar-refractivity contribution is 7.12. The van der Waals surface area contributed by atoms with Gasteiger partial charge in [0.1, 0.15) is 0 Å². The van der Waals surface area contributed by atoms with Crippen LogP contribution in [0.4, 0.5) is 4.79 Å². The molecule has 1 aromatic rings. The van der Waals surface area contributed by atoms with Crippen LogP contribution < -0.4 is 5.32 Å². The van der Waals surface area contributed by atoms with Gasteiger partial charge in [0, 0.05) is 38.3 Å². The Kier molecular flexibility index (Phi) is 6.33. The van der Waals surface area contributed by atoms with E-state index in [2.05, 4.69) is 5.32 Å². The quantitative estimate of drug-likeness (QED) is 0.755. The Hall–Kier alpha value is -2.13. The predicted octanol–water partition coefficient (Wildman–Crippen LogP) is 1.15. The molecule has 0 spiro atoms. The third kappa shape index (κ3) is 4.78. The summed E-state index contributed by atoms with van der Waals surface area (Å²) >= 11 is 1.43. The van der Waals surface area contributed by atoms with Crippen molar-refractivity contribution in [3.05, 3.63) is 22.4 Å². The van der Waals surface area contributed by atoms with Gasteiger partial charge in [0.15, 0.2) is 0 Å². The van der Waals surface area contributed by atoms with Gasteiger partial charge in [0.05, 0.1) is 11.4 Å². The number of carboxylic acid groups (broad SMARTS) is 1. The van der Waals surface area contributed by atoms with Crippen LogP contribution >= 0.6 is 11.3 Å². The molecule has 3 rings (SSSR count). The van der Waals surface area contributed by atoms with Crippen molar-refractivity contribution in [2.75, 3.05) is 39.3 Å². The summed E-state index contributed by atoms with van der Waals surface area (Å²) in [6.45, 7) is 4.82. The summed E-state index contributed by atoms with van der Waals surface area (Å²) in [4.78, 5) is 41.9. The lowest BCUT2D eigenvalue weighted by atomic mass is 9.85. The average molecular weight is 394 g/mol. The Bertz CT molecular complexity index is 667. The van der Waals surface area contributed by atoms with E-state index in [1.807, 2.05) is 29.3 Å². The zero-order valence-corrected chi connectivity index (χ0v) is 16.3. The maximum atomic E-state index is 12.4. The number of likely N-dealkylation sites (N-methyl/N-ethyl adjacent to an activating group) is 1. The highest BCUT2D eigenvalue weighted by Gasteiger charge is 2.36. The van der Waals surface area contributed by atoms with E-state index < -0.39 is 5.97 Å². The highest BCUT2D eigenvalue weighted by Crippen LogP contribution is 2.26. The Morgan fingerprint density at radius 3 is 2.44 bits per heavy atom. The molecule has 0 bridgehead atoms. The molecule has 2 aliphatic rings. The summed E-state index contributed by atoms with van der Waals surface area (Å²) < 4.78 is 0. The van der Waals surface area contributed by atoms with Crippen LogP contribution in [0.2, 0.25) is 0 Å². The number of amides is 3. The van der Waals surface area contributed by atoms with Gasteiger partial charge in [0.2, 0.25) is 0 Å². The van der Waals surface area contributed by atoms with Gasteiger partial charge in [-0.3, -0.25) is 14.5 Å². The number of thiophene rings is 1. The van der Waals surface area contributed by atoms with E-state index in [9.17, 15) is 14.4 Å². The second-order valence-corrected chi connectivity index (χ2v) is 7.93. The molecule has 1 aliphatic carbocycles. The van der Waals surface area contributed by atoms with Crippen molar-refractivity contribution in [2.45, 2.75) is 31.8 Å². The van der Waals surface area contributed by atoms with Gasteiger partial charge in [-0.2, -0.15) is 0 Å². The van der Waals surface area contributed by atoms with Crippen molar-refractivity contribution < 1.29 is 19.5 Å². The molecule has 2 N–H and O–H groups in total. The van der Waals surface area contributed by atoms with Gasteiger partial charge in [-0.15, -0.1) is 11.3 Å². The highest BCUT2D eigenvalue weighted by atomic mass is 32.1. The molecule has 1 saturated carbocycles. The van der Waals surface area contributed by atoms with E-state index in [0.29, 0.717) is 32.7 Å². The molecule has 1 aromatic heterocycles. The Morgan fingerprint density at radius 1 is 1.22 bits per heavy atom. The molecule has 0 atom stereocenters. The number of piperazine rings is 1. The number of carbonyl (C=O) groups is 3. The molecule has 0 aromatic carbocycles. The SMILES string of the molecule is CCN(CC(=O)O)C1CC(NC(=O)N2CCN(C(=O)c3cccs3)CC2)C1. The first-order chi connectivity index (χ1) is 13.0. The standard InChI is InChI=1S/C18H26N4O4S/c1-2-20(12-16(23)24)14-10-13(11-14)19-18(26)22-7-5-21(6-8-22)17(25)15-4-3-9-27-15/h3-4,9,13-14H,2,5-8,10-12H2,1H3,(H,19,26)(H,23,24). The van der Waals surface area contributed by atoms with Crippen LogP contribution in [0, 0.1) is 0 Å². The van der Waals surface area contributed by atoms with E-state index in [4.69, 9.17) is 5.11 Å². The van der Waals surface area contributed by atoms with Crippen molar-refractivity contribution in [3.63, 3.8) is 0 Å². The molecular weight excluding hydrogens is 368 g/mol. The average Bonchev–Trinajstić information content (AvgIpc) is 3.16. The predicted molar refractivity (Wildman–Crippen MR) is 102 cm³/mol. The van der Waals surface area contributed by atoms with Gasteiger partial charge < -0.3 is 20.2 Å². The molecule has 148 valence electrons. The zero-order chi connectivity index (χ0) is 19.4. The molecule has 1 saturated heterocycles. The van der Waals surface area contributed by atoms with Gasteiger partial charge in [0.25, 0.3) is 5.91 Å². The van der Waals surface area contributed by atoms with Gasteiger partial charge in [-0.25, -0.2) is 4.79 Å². The fraction of sp³-hybridized carbons (Fsp3) is 0.611. The van der Waals surface area contributed by atoms with Crippen LogP contribution in [0.15, 0.2) is 17.5 Å². The molecule has 3 amide bonds. The fourth-order valence-corrected chi connectivity index (χ4v) is 4.30. The van der Waals surface area contributed by atoms with Crippen LogP contribution in [0.5, 0.6) is 0 Å². The number of carbonyl (C=O) groups excluding carboxylic acids is 2. The maximum absolute atomic E-state index is 12.4. The van der Waals surface area contributed by atoms with Crippen molar-refractivity contribution in [3.8, 4) is 0 Å². The number of rotatable bonds is 6. The largest absolute Gasteiger partial charge is 0.480 e. The molecule has 0 radical (unpaired) electrons. The van der Waals surface area contributed by atoms with Crippen molar-refractivity contribution in [2.24, 2.45) is 0 Å². The number of hydrogen-bond donors (Lipinski definition) is 2. The monoisotopic (exact) mass is 394 g/mol. The first-order valence-corrected chi connectivity index (χ1v) is 10.2. The number of nitrogens with zero attached hydrogens (tertiary/aromatic N) is 3. The number of carboxylic acids is 1. The van der Waals surface area contributed by atoms with Gasteiger partial charge in [-0.1, -0.05) is 13.0 Å². The Labute approximate surface area is 162 Å². The lowest BCUT2D eigenvalue weighted by molar-refractivity contribution is -0.139. The summed E-state index contributed by atoms with van der Waals surface area (Å²) in [7, 11) is 0. The van der Waals surface area contributed by atoms with Crippen LogP contribution in [-0.2, 0) is 4.79 Å². The van der Waals surface area contributed by atoms with E-state index in [1.54, 1.807) is 9.80 Å².